The Bertz CT molecular complexity index is 879. The minimum absolute atomic E-state index is 0.0555. The molecule has 0 aliphatic carbocycles. The van der Waals surface area contributed by atoms with E-state index >= 15 is 0 Å². The third-order valence-corrected chi connectivity index (χ3v) is 6.31. The zero-order valence-electron chi connectivity index (χ0n) is 15.5. The molecular formula is C21H23N3OS2. The molecule has 0 aliphatic heterocycles. The van der Waals surface area contributed by atoms with E-state index in [-0.39, 0.29) is 5.91 Å². The van der Waals surface area contributed by atoms with E-state index in [9.17, 15) is 4.79 Å². The molecule has 0 bridgehead atoms. The number of rotatable bonds is 8. The Morgan fingerprint density at radius 3 is 2.37 bits per heavy atom. The van der Waals surface area contributed by atoms with Crippen LogP contribution in [-0.4, -0.2) is 33.7 Å². The maximum atomic E-state index is 12.2. The topological polar surface area (TPSA) is 46.9 Å². The molecule has 0 spiro atoms. The molecule has 1 N–H and O–H groups in total. The fraction of sp³-hybridized carbons (Fsp3) is 0.238. The maximum absolute atomic E-state index is 12.2. The van der Waals surface area contributed by atoms with Gasteiger partial charge in [0.25, 0.3) is 0 Å². The molecular weight excluding hydrogens is 374 g/mol. The first-order chi connectivity index (χ1) is 13.1. The number of thioether (sulfide) groups is 2. The molecule has 0 aliphatic rings. The van der Waals surface area contributed by atoms with Crippen LogP contribution >= 0.6 is 23.5 Å². The maximum Gasteiger partial charge on any atom is 0.230 e. The molecule has 0 atom stereocenters. The minimum Gasteiger partial charge on any atom is -0.355 e. The van der Waals surface area contributed by atoms with Crippen LogP contribution < -0.4 is 5.32 Å². The molecule has 4 nitrogen and oxygen atoms in total. The molecule has 0 saturated heterocycles. The van der Waals surface area contributed by atoms with Crippen LogP contribution in [0.3, 0.4) is 0 Å². The molecule has 3 aromatic rings. The van der Waals surface area contributed by atoms with E-state index in [0.717, 1.165) is 27.7 Å². The van der Waals surface area contributed by atoms with Crippen LogP contribution in [0.5, 0.6) is 0 Å². The first-order valence-corrected chi connectivity index (χ1v) is 10.8. The van der Waals surface area contributed by atoms with Gasteiger partial charge in [0.05, 0.1) is 27.7 Å². The van der Waals surface area contributed by atoms with Crippen LogP contribution in [0, 0.1) is 13.8 Å². The van der Waals surface area contributed by atoms with Crippen molar-refractivity contribution < 1.29 is 4.79 Å². The van der Waals surface area contributed by atoms with E-state index in [0.29, 0.717) is 12.3 Å². The second kappa shape index (κ2) is 9.67. The number of hydrogen-bond donors (Lipinski definition) is 1. The average molecular weight is 398 g/mol. The van der Waals surface area contributed by atoms with Gasteiger partial charge in [0.1, 0.15) is 0 Å². The van der Waals surface area contributed by atoms with Crippen molar-refractivity contribution in [3.8, 4) is 5.69 Å². The molecule has 1 heterocycles. The van der Waals surface area contributed by atoms with E-state index < -0.39 is 0 Å². The van der Waals surface area contributed by atoms with Crippen LogP contribution in [0.2, 0.25) is 0 Å². The first-order valence-electron chi connectivity index (χ1n) is 8.84. The number of amides is 1. The fourth-order valence-corrected chi connectivity index (χ4v) is 4.43. The Morgan fingerprint density at radius 1 is 1.00 bits per heavy atom. The number of carbonyl (C=O) groups is 1. The minimum atomic E-state index is 0.0555. The number of nitrogens with zero attached hydrogens (tertiary/aromatic N) is 2. The van der Waals surface area contributed by atoms with Crippen molar-refractivity contribution in [2.75, 3.05) is 18.1 Å². The number of aryl methyl sites for hydroxylation is 1. The Balaban J connectivity index is 1.48. The number of benzene rings is 2. The molecule has 27 heavy (non-hydrogen) atoms. The van der Waals surface area contributed by atoms with Crippen LogP contribution in [0.1, 0.15) is 11.4 Å². The molecule has 0 radical (unpaired) electrons. The van der Waals surface area contributed by atoms with Crippen molar-refractivity contribution in [1.29, 1.82) is 0 Å². The van der Waals surface area contributed by atoms with Gasteiger partial charge in [-0.15, -0.1) is 23.5 Å². The third kappa shape index (κ3) is 5.40. The van der Waals surface area contributed by atoms with Crippen molar-refractivity contribution in [3.63, 3.8) is 0 Å². The number of aromatic nitrogens is 2. The average Bonchev–Trinajstić information content (AvgIpc) is 2.99. The normalized spacial score (nSPS) is 10.7. The number of carbonyl (C=O) groups excluding carboxylic acids is 1. The van der Waals surface area contributed by atoms with E-state index in [1.165, 1.54) is 4.90 Å². The molecule has 0 unspecified atom stereocenters. The Kier molecular flexibility index (Phi) is 7.01. The van der Waals surface area contributed by atoms with E-state index in [1.807, 2.05) is 67.1 Å². The number of nitrogens with one attached hydrogen (secondary N) is 1. The molecule has 1 amide bonds. The largest absolute Gasteiger partial charge is 0.355 e. The molecule has 0 saturated carbocycles. The quantitative estimate of drug-likeness (QED) is 0.449. The zero-order valence-corrected chi connectivity index (χ0v) is 17.1. The molecule has 2 aromatic carbocycles. The summed E-state index contributed by atoms with van der Waals surface area (Å²) < 4.78 is 1.94. The van der Waals surface area contributed by atoms with Crippen LogP contribution in [0.4, 0.5) is 0 Å². The summed E-state index contributed by atoms with van der Waals surface area (Å²) in [5.74, 6) is 1.32. The lowest BCUT2D eigenvalue weighted by molar-refractivity contribution is -0.118. The molecule has 0 fully saturated rings. The van der Waals surface area contributed by atoms with Crippen LogP contribution in [0.25, 0.3) is 5.69 Å². The monoisotopic (exact) mass is 397 g/mol. The van der Waals surface area contributed by atoms with Gasteiger partial charge in [0.2, 0.25) is 5.91 Å². The van der Waals surface area contributed by atoms with Crippen molar-refractivity contribution in [3.05, 3.63) is 72.1 Å². The summed E-state index contributed by atoms with van der Waals surface area (Å²) in [4.78, 5) is 14.5. The van der Waals surface area contributed by atoms with Gasteiger partial charge in [-0.25, -0.2) is 4.68 Å². The van der Waals surface area contributed by atoms with Crippen molar-refractivity contribution in [2.45, 2.75) is 23.6 Å². The predicted octanol–water partition coefficient (Wildman–Crippen LogP) is 4.49. The fourth-order valence-electron chi connectivity index (χ4n) is 2.72. The highest BCUT2D eigenvalue weighted by Crippen LogP contribution is 2.27. The van der Waals surface area contributed by atoms with Gasteiger partial charge >= 0.3 is 0 Å². The summed E-state index contributed by atoms with van der Waals surface area (Å²) in [5.41, 5.74) is 3.05. The van der Waals surface area contributed by atoms with Gasteiger partial charge in [0.15, 0.2) is 0 Å². The second-order valence-corrected chi connectivity index (χ2v) is 8.20. The Morgan fingerprint density at radius 2 is 1.67 bits per heavy atom. The van der Waals surface area contributed by atoms with Gasteiger partial charge in [-0.3, -0.25) is 4.79 Å². The Hall–Kier alpha value is -2.18. The zero-order chi connectivity index (χ0) is 19.1. The van der Waals surface area contributed by atoms with Gasteiger partial charge < -0.3 is 5.32 Å². The summed E-state index contributed by atoms with van der Waals surface area (Å²) in [6.07, 6.45) is 0. The standard InChI is InChI=1S/C21H23N3OS2/c1-16-21(17(2)24(23-16)18-9-5-3-6-10-18)27-15-20(25)22-13-14-26-19-11-7-4-8-12-19/h3-12H,13-15H2,1-2H3,(H,22,25). The number of hydrogen-bond acceptors (Lipinski definition) is 4. The van der Waals surface area contributed by atoms with E-state index in [1.54, 1.807) is 23.5 Å². The molecule has 1 aromatic heterocycles. The summed E-state index contributed by atoms with van der Waals surface area (Å²) >= 11 is 3.30. The van der Waals surface area contributed by atoms with E-state index in [2.05, 4.69) is 22.5 Å². The smallest absolute Gasteiger partial charge is 0.230 e. The molecule has 3 rings (SSSR count). The highest BCUT2D eigenvalue weighted by Gasteiger charge is 2.14. The highest BCUT2D eigenvalue weighted by molar-refractivity contribution is 8.00. The Labute approximate surface area is 168 Å². The van der Waals surface area contributed by atoms with Gasteiger partial charge in [-0.1, -0.05) is 36.4 Å². The van der Waals surface area contributed by atoms with Crippen molar-refractivity contribution in [1.82, 2.24) is 15.1 Å². The summed E-state index contributed by atoms with van der Waals surface area (Å²) in [6.45, 7) is 4.70. The van der Waals surface area contributed by atoms with Crippen molar-refractivity contribution in [2.24, 2.45) is 0 Å². The second-order valence-electron chi connectivity index (χ2n) is 6.05. The summed E-state index contributed by atoms with van der Waals surface area (Å²) in [5, 5.41) is 7.62. The molecule has 140 valence electrons. The van der Waals surface area contributed by atoms with Crippen LogP contribution in [-0.2, 0) is 4.79 Å². The van der Waals surface area contributed by atoms with E-state index in [4.69, 9.17) is 0 Å². The number of para-hydroxylation sites is 1. The lowest BCUT2D eigenvalue weighted by Crippen LogP contribution is -2.27. The lowest BCUT2D eigenvalue weighted by atomic mass is 10.3. The van der Waals surface area contributed by atoms with Crippen molar-refractivity contribution >= 4 is 29.4 Å². The van der Waals surface area contributed by atoms with Gasteiger partial charge in [0, 0.05) is 17.2 Å². The molecule has 6 heteroatoms. The lowest BCUT2D eigenvalue weighted by Gasteiger charge is -2.06. The summed E-state index contributed by atoms with van der Waals surface area (Å²) in [6, 6.07) is 20.3. The summed E-state index contributed by atoms with van der Waals surface area (Å²) in [7, 11) is 0. The van der Waals surface area contributed by atoms with Gasteiger partial charge in [-0.05, 0) is 38.1 Å². The SMILES string of the molecule is Cc1nn(-c2ccccc2)c(C)c1SCC(=O)NCCSc1ccccc1. The predicted molar refractivity (Wildman–Crippen MR) is 114 cm³/mol. The third-order valence-electron chi connectivity index (χ3n) is 4.01. The van der Waals surface area contributed by atoms with Gasteiger partial charge in [-0.2, -0.15) is 5.10 Å². The first kappa shape index (κ1) is 19.6. The highest BCUT2D eigenvalue weighted by atomic mass is 32.2. The van der Waals surface area contributed by atoms with Crippen LogP contribution in [0.15, 0.2) is 70.5 Å².